The summed E-state index contributed by atoms with van der Waals surface area (Å²) in [5.74, 6) is -0.768. The average Bonchev–Trinajstić information content (AvgIpc) is 2.18. The van der Waals surface area contributed by atoms with Crippen molar-refractivity contribution in [3.05, 3.63) is 48.7 Å². The van der Waals surface area contributed by atoms with Crippen molar-refractivity contribution in [2.75, 3.05) is 0 Å². The van der Waals surface area contributed by atoms with Crippen LogP contribution in [0.25, 0.3) is 6.08 Å². The van der Waals surface area contributed by atoms with E-state index in [2.05, 4.69) is 13.2 Å². The van der Waals surface area contributed by atoms with Gasteiger partial charge in [-0.1, -0.05) is 31.4 Å². The van der Waals surface area contributed by atoms with Crippen molar-refractivity contribution in [3.8, 4) is 5.75 Å². The molecule has 0 aromatic heterocycles. The zero-order chi connectivity index (χ0) is 10.6. The molecule has 0 unspecified atom stereocenters. The van der Waals surface area contributed by atoms with Crippen molar-refractivity contribution in [1.82, 2.24) is 0 Å². The van der Waals surface area contributed by atoms with Gasteiger partial charge in [-0.3, -0.25) is 0 Å². The molecule has 72 valence electrons. The van der Waals surface area contributed by atoms with Crippen LogP contribution in [0.4, 0.5) is 0 Å². The molecule has 1 rings (SSSR count). The van der Waals surface area contributed by atoms with Gasteiger partial charge in [0.1, 0.15) is 11.3 Å². The third kappa shape index (κ3) is 1.82. The van der Waals surface area contributed by atoms with E-state index < -0.39 is 5.97 Å². The van der Waals surface area contributed by atoms with E-state index in [-0.39, 0.29) is 11.3 Å². The van der Waals surface area contributed by atoms with Gasteiger partial charge >= 0.3 is 5.97 Å². The van der Waals surface area contributed by atoms with Crippen LogP contribution in [-0.4, -0.2) is 11.1 Å². The zero-order valence-corrected chi connectivity index (χ0v) is 7.56. The van der Waals surface area contributed by atoms with Crippen LogP contribution in [0.5, 0.6) is 5.75 Å². The third-order valence-electron chi connectivity index (χ3n) is 1.70. The number of carbonyl (C=O) groups is 1. The number of para-hydroxylation sites is 1. The van der Waals surface area contributed by atoms with Crippen molar-refractivity contribution in [2.24, 2.45) is 0 Å². The molecule has 0 aliphatic heterocycles. The lowest BCUT2D eigenvalue weighted by molar-refractivity contribution is 0.0694. The number of ether oxygens (including phenoxy) is 1. The summed E-state index contributed by atoms with van der Waals surface area (Å²) in [5, 5.41) is 8.86. The van der Waals surface area contributed by atoms with Gasteiger partial charge in [-0.15, -0.1) is 0 Å². The number of hydrogen-bond acceptors (Lipinski definition) is 2. The number of benzene rings is 1. The second-order valence-electron chi connectivity index (χ2n) is 2.52. The summed E-state index contributed by atoms with van der Waals surface area (Å²) in [6.07, 6.45) is 2.72. The van der Waals surface area contributed by atoms with E-state index in [4.69, 9.17) is 9.84 Å². The highest BCUT2D eigenvalue weighted by molar-refractivity contribution is 5.92. The maximum atomic E-state index is 10.8. The normalized spacial score (nSPS) is 9.14. The fraction of sp³-hybridized carbons (Fsp3) is 0. The Morgan fingerprint density at radius 1 is 1.43 bits per heavy atom. The Morgan fingerprint density at radius 2 is 2.14 bits per heavy atom. The van der Waals surface area contributed by atoms with Crippen LogP contribution in [0, 0.1) is 0 Å². The summed E-state index contributed by atoms with van der Waals surface area (Å²) in [6, 6.07) is 4.82. The van der Waals surface area contributed by atoms with Gasteiger partial charge in [-0.2, -0.15) is 0 Å². The molecule has 0 radical (unpaired) electrons. The molecule has 14 heavy (non-hydrogen) atoms. The first-order valence-corrected chi connectivity index (χ1v) is 3.97. The quantitative estimate of drug-likeness (QED) is 0.742. The standard InChI is InChI=1S/C11H10O3/c1-3-8-6-5-7-9(11(12)13)10(8)14-4-2/h3-7H,1-2H2,(H,12,13). The lowest BCUT2D eigenvalue weighted by atomic mass is 10.1. The Balaban J connectivity index is 3.34. The largest absolute Gasteiger partial charge is 0.478 e. The van der Waals surface area contributed by atoms with Gasteiger partial charge in [0.2, 0.25) is 0 Å². The second kappa shape index (κ2) is 4.28. The first-order valence-electron chi connectivity index (χ1n) is 3.97. The summed E-state index contributed by atoms with van der Waals surface area (Å²) in [5.41, 5.74) is 0.729. The summed E-state index contributed by atoms with van der Waals surface area (Å²) in [4.78, 5) is 10.8. The predicted molar refractivity (Wildman–Crippen MR) is 54.3 cm³/mol. The zero-order valence-electron chi connectivity index (χ0n) is 7.56. The molecule has 0 aliphatic carbocycles. The van der Waals surface area contributed by atoms with E-state index in [1.165, 1.54) is 18.4 Å². The molecule has 1 aromatic rings. The highest BCUT2D eigenvalue weighted by Crippen LogP contribution is 2.25. The van der Waals surface area contributed by atoms with Gasteiger partial charge in [-0.05, 0) is 6.07 Å². The van der Waals surface area contributed by atoms with Crippen LogP contribution in [-0.2, 0) is 0 Å². The lowest BCUT2D eigenvalue weighted by Gasteiger charge is -2.07. The highest BCUT2D eigenvalue weighted by Gasteiger charge is 2.12. The molecule has 0 bridgehead atoms. The highest BCUT2D eigenvalue weighted by atomic mass is 16.5. The second-order valence-corrected chi connectivity index (χ2v) is 2.52. The predicted octanol–water partition coefficient (Wildman–Crippen LogP) is 2.55. The lowest BCUT2D eigenvalue weighted by Crippen LogP contribution is -2.00. The molecule has 0 aliphatic rings. The van der Waals surface area contributed by atoms with Crippen molar-refractivity contribution in [2.45, 2.75) is 0 Å². The van der Waals surface area contributed by atoms with Gasteiger partial charge in [-0.25, -0.2) is 4.79 Å². The first-order chi connectivity index (χ1) is 6.70. The van der Waals surface area contributed by atoms with Gasteiger partial charge in [0.25, 0.3) is 0 Å². The summed E-state index contributed by atoms with van der Waals surface area (Å²) in [6.45, 7) is 6.95. The molecular formula is C11H10O3. The van der Waals surface area contributed by atoms with Gasteiger partial charge in [0.05, 0.1) is 6.26 Å². The molecule has 1 aromatic carbocycles. The number of carboxylic acids is 1. The molecule has 3 heteroatoms. The molecule has 0 saturated heterocycles. The van der Waals surface area contributed by atoms with Crippen LogP contribution in [0.15, 0.2) is 37.6 Å². The number of hydrogen-bond donors (Lipinski definition) is 1. The molecule has 0 saturated carbocycles. The average molecular weight is 190 g/mol. The van der Waals surface area contributed by atoms with Crippen molar-refractivity contribution >= 4 is 12.0 Å². The maximum Gasteiger partial charge on any atom is 0.339 e. The van der Waals surface area contributed by atoms with Crippen LogP contribution in [0.3, 0.4) is 0 Å². The molecule has 1 N–H and O–H groups in total. The van der Waals surface area contributed by atoms with E-state index in [1.807, 2.05) is 0 Å². The van der Waals surface area contributed by atoms with Crippen LogP contribution < -0.4 is 4.74 Å². The minimum Gasteiger partial charge on any atom is -0.478 e. The Kier molecular flexibility index (Phi) is 3.07. The van der Waals surface area contributed by atoms with E-state index in [1.54, 1.807) is 12.1 Å². The van der Waals surface area contributed by atoms with E-state index in [9.17, 15) is 4.79 Å². The Bertz CT molecular complexity index is 380. The third-order valence-corrected chi connectivity index (χ3v) is 1.70. The van der Waals surface area contributed by atoms with Crippen LogP contribution >= 0.6 is 0 Å². The fourth-order valence-electron chi connectivity index (χ4n) is 1.10. The summed E-state index contributed by atoms with van der Waals surface area (Å²) < 4.78 is 5.03. The molecule has 3 nitrogen and oxygen atoms in total. The monoisotopic (exact) mass is 190 g/mol. The minimum atomic E-state index is -1.04. The first kappa shape index (κ1) is 10.1. The van der Waals surface area contributed by atoms with Crippen molar-refractivity contribution in [3.63, 3.8) is 0 Å². The van der Waals surface area contributed by atoms with E-state index >= 15 is 0 Å². The van der Waals surface area contributed by atoms with Gasteiger partial charge in [0.15, 0.2) is 0 Å². The molecule has 0 amide bonds. The van der Waals surface area contributed by atoms with E-state index in [0.717, 1.165) is 0 Å². The molecule has 0 atom stereocenters. The van der Waals surface area contributed by atoms with Crippen molar-refractivity contribution in [1.29, 1.82) is 0 Å². The minimum absolute atomic E-state index is 0.0994. The smallest absolute Gasteiger partial charge is 0.339 e. The van der Waals surface area contributed by atoms with E-state index in [0.29, 0.717) is 5.56 Å². The SMILES string of the molecule is C=COc1c(C=C)cccc1C(=O)O. The van der Waals surface area contributed by atoms with Crippen LogP contribution in [0.2, 0.25) is 0 Å². The number of carboxylic acid groups (broad SMARTS) is 1. The molecule has 0 spiro atoms. The Hall–Kier alpha value is -2.03. The number of aromatic carboxylic acids is 1. The van der Waals surface area contributed by atoms with Gasteiger partial charge < -0.3 is 9.84 Å². The summed E-state index contributed by atoms with van der Waals surface area (Å²) >= 11 is 0. The van der Waals surface area contributed by atoms with Crippen molar-refractivity contribution < 1.29 is 14.6 Å². The molecule has 0 heterocycles. The maximum absolute atomic E-state index is 10.8. The molecule has 0 fully saturated rings. The fourth-order valence-corrected chi connectivity index (χ4v) is 1.10. The Labute approximate surface area is 81.9 Å². The van der Waals surface area contributed by atoms with Crippen LogP contribution in [0.1, 0.15) is 15.9 Å². The van der Waals surface area contributed by atoms with Gasteiger partial charge in [0, 0.05) is 5.56 Å². The number of rotatable bonds is 4. The molecular weight excluding hydrogens is 180 g/mol. The Morgan fingerprint density at radius 3 is 2.64 bits per heavy atom. The summed E-state index contributed by atoms with van der Waals surface area (Å²) in [7, 11) is 0. The topological polar surface area (TPSA) is 46.5 Å².